The molecule has 0 N–H and O–H groups in total. The van der Waals surface area contributed by atoms with Gasteiger partial charge in [0.1, 0.15) is 5.75 Å². The van der Waals surface area contributed by atoms with Gasteiger partial charge in [-0.1, -0.05) is 12.1 Å². The van der Waals surface area contributed by atoms with Crippen molar-refractivity contribution in [2.24, 2.45) is 0 Å². The summed E-state index contributed by atoms with van der Waals surface area (Å²) in [6.07, 6.45) is 0.375. The molecule has 28 heavy (non-hydrogen) atoms. The van der Waals surface area contributed by atoms with Crippen LogP contribution in [0.15, 0.2) is 24.3 Å². The summed E-state index contributed by atoms with van der Waals surface area (Å²) in [6.45, 7) is 13.0. The fourth-order valence-corrected chi connectivity index (χ4v) is 3.90. The molecule has 1 heterocycles. The minimum Gasteiger partial charge on any atom is -0.497 e. The van der Waals surface area contributed by atoms with Crippen LogP contribution in [0.1, 0.15) is 40.2 Å². The number of hydrogen-bond donors (Lipinski definition) is 0. The molecule has 0 saturated carbocycles. The van der Waals surface area contributed by atoms with Crippen LogP contribution in [0, 0.1) is 0 Å². The SMILES string of the molecule is COc1cccc(CC(=O)N2CCN(C(C)C(=O)N(C(C)C)C(C)C)CC2)c1. The Labute approximate surface area is 169 Å². The monoisotopic (exact) mass is 389 g/mol. The molecule has 1 fully saturated rings. The van der Waals surface area contributed by atoms with Crippen molar-refractivity contribution in [3.63, 3.8) is 0 Å². The standard InChI is InChI=1S/C22H35N3O3/c1-16(2)25(17(3)4)22(27)18(5)23-10-12-24(13-11-23)21(26)15-19-8-7-9-20(14-19)28-6/h7-9,14,16-18H,10-13,15H2,1-6H3. The molecule has 1 atom stereocenters. The lowest BCUT2D eigenvalue weighted by Crippen LogP contribution is -2.57. The number of methoxy groups -OCH3 is 1. The topological polar surface area (TPSA) is 53.1 Å². The summed E-state index contributed by atoms with van der Waals surface area (Å²) in [5.74, 6) is 1.06. The van der Waals surface area contributed by atoms with Gasteiger partial charge < -0.3 is 14.5 Å². The molecule has 0 radical (unpaired) electrons. The van der Waals surface area contributed by atoms with E-state index in [9.17, 15) is 9.59 Å². The zero-order chi connectivity index (χ0) is 20.8. The highest BCUT2D eigenvalue weighted by molar-refractivity contribution is 5.82. The molecule has 1 aliphatic rings. The summed E-state index contributed by atoms with van der Waals surface area (Å²) in [6, 6.07) is 7.83. The highest BCUT2D eigenvalue weighted by atomic mass is 16.5. The smallest absolute Gasteiger partial charge is 0.240 e. The van der Waals surface area contributed by atoms with Crippen LogP contribution in [-0.2, 0) is 16.0 Å². The molecule has 0 spiro atoms. The highest BCUT2D eigenvalue weighted by Gasteiger charge is 2.31. The third-order valence-electron chi connectivity index (χ3n) is 5.43. The fraction of sp³-hybridized carbons (Fsp3) is 0.636. The third-order valence-corrected chi connectivity index (χ3v) is 5.43. The largest absolute Gasteiger partial charge is 0.497 e. The number of nitrogens with zero attached hydrogens (tertiary/aromatic N) is 3. The molecule has 6 nitrogen and oxygen atoms in total. The zero-order valence-electron chi connectivity index (χ0n) is 18.1. The molecule has 2 rings (SSSR count). The Bertz CT molecular complexity index is 659. The molecule has 1 aromatic carbocycles. The van der Waals surface area contributed by atoms with Crippen molar-refractivity contribution in [2.45, 2.75) is 59.2 Å². The van der Waals surface area contributed by atoms with Crippen molar-refractivity contribution in [3.05, 3.63) is 29.8 Å². The molecule has 0 bridgehead atoms. The minimum absolute atomic E-state index is 0.123. The second-order valence-corrected chi connectivity index (χ2v) is 8.05. The second kappa shape index (κ2) is 9.92. The maximum atomic E-state index is 12.9. The van der Waals surface area contributed by atoms with Crippen molar-refractivity contribution in [2.75, 3.05) is 33.3 Å². The van der Waals surface area contributed by atoms with Gasteiger partial charge in [-0.05, 0) is 52.3 Å². The first kappa shape index (κ1) is 22.2. The van der Waals surface area contributed by atoms with Crippen LogP contribution >= 0.6 is 0 Å². The maximum absolute atomic E-state index is 12.9. The zero-order valence-corrected chi connectivity index (χ0v) is 18.1. The minimum atomic E-state index is -0.166. The molecule has 2 amide bonds. The summed E-state index contributed by atoms with van der Waals surface area (Å²) in [4.78, 5) is 31.6. The molecular weight excluding hydrogens is 354 g/mol. The van der Waals surface area contributed by atoms with Gasteiger partial charge >= 0.3 is 0 Å². The molecule has 1 aromatic rings. The van der Waals surface area contributed by atoms with Crippen molar-refractivity contribution >= 4 is 11.8 Å². The molecule has 6 heteroatoms. The third kappa shape index (κ3) is 5.47. The van der Waals surface area contributed by atoms with E-state index in [0.717, 1.165) is 24.4 Å². The number of hydrogen-bond acceptors (Lipinski definition) is 4. The Balaban J connectivity index is 1.90. The van der Waals surface area contributed by atoms with E-state index in [-0.39, 0.29) is 29.9 Å². The fourth-order valence-electron chi connectivity index (χ4n) is 3.90. The van der Waals surface area contributed by atoms with E-state index in [1.165, 1.54) is 0 Å². The van der Waals surface area contributed by atoms with Crippen LogP contribution in [-0.4, -0.2) is 77.9 Å². The van der Waals surface area contributed by atoms with Crippen molar-refractivity contribution in [3.8, 4) is 5.75 Å². The Hall–Kier alpha value is -2.08. The molecule has 0 aliphatic carbocycles. The Morgan fingerprint density at radius 1 is 1.04 bits per heavy atom. The lowest BCUT2D eigenvalue weighted by Gasteiger charge is -2.41. The second-order valence-electron chi connectivity index (χ2n) is 8.05. The summed E-state index contributed by atoms with van der Waals surface area (Å²) < 4.78 is 5.23. The molecule has 1 unspecified atom stereocenters. The summed E-state index contributed by atoms with van der Waals surface area (Å²) in [5, 5.41) is 0. The number of piperazine rings is 1. The molecule has 0 aromatic heterocycles. The Morgan fingerprint density at radius 2 is 1.64 bits per heavy atom. The van der Waals surface area contributed by atoms with E-state index in [2.05, 4.69) is 32.6 Å². The van der Waals surface area contributed by atoms with Gasteiger partial charge in [-0.2, -0.15) is 0 Å². The molecular formula is C22H35N3O3. The first-order valence-electron chi connectivity index (χ1n) is 10.2. The van der Waals surface area contributed by atoms with E-state index >= 15 is 0 Å². The lowest BCUT2D eigenvalue weighted by molar-refractivity contribution is -0.141. The van der Waals surface area contributed by atoms with Crippen LogP contribution in [0.2, 0.25) is 0 Å². The number of benzene rings is 1. The van der Waals surface area contributed by atoms with Gasteiger partial charge in [-0.25, -0.2) is 0 Å². The van der Waals surface area contributed by atoms with Gasteiger partial charge in [0.15, 0.2) is 0 Å². The molecule has 1 aliphatic heterocycles. The normalized spacial score (nSPS) is 16.4. The van der Waals surface area contributed by atoms with E-state index < -0.39 is 0 Å². The quantitative estimate of drug-likeness (QED) is 0.719. The first-order valence-corrected chi connectivity index (χ1v) is 10.2. The summed E-state index contributed by atoms with van der Waals surface area (Å²) in [5.41, 5.74) is 0.958. The summed E-state index contributed by atoms with van der Waals surface area (Å²) in [7, 11) is 1.63. The predicted octanol–water partition coefficient (Wildman–Crippen LogP) is 2.42. The van der Waals surface area contributed by atoms with Crippen LogP contribution in [0.25, 0.3) is 0 Å². The summed E-state index contributed by atoms with van der Waals surface area (Å²) >= 11 is 0. The van der Waals surface area contributed by atoms with Gasteiger partial charge in [0.25, 0.3) is 0 Å². The van der Waals surface area contributed by atoms with Crippen LogP contribution < -0.4 is 4.74 Å². The van der Waals surface area contributed by atoms with E-state index in [0.29, 0.717) is 19.5 Å². The van der Waals surface area contributed by atoms with Gasteiger partial charge in [0.2, 0.25) is 11.8 Å². The van der Waals surface area contributed by atoms with Crippen molar-refractivity contribution in [1.29, 1.82) is 0 Å². The van der Waals surface area contributed by atoms with E-state index in [4.69, 9.17) is 4.74 Å². The number of amides is 2. The Morgan fingerprint density at radius 3 is 2.18 bits per heavy atom. The number of carbonyl (C=O) groups excluding carboxylic acids is 2. The highest BCUT2D eigenvalue weighted by Crippen LogP contribution is 2.16. The first-order chi connectivity index (χ1) is 13.2. The number of carbonyl (C=O) groups is 2. The van der Waals surface area contributed by atoms with Gasteiger partial charge in [0, 0.05) is 38.3 Å². The van der Waals surface area contributed by atoms with Gasteiger partial charge in [0.05, 0.1) is 19.6 Å². The van der Waals surface area contributed by atoms with Crippen LogP contribution in [0.4, 0.5) is 0 Å². The Kier molecular flexibility index (Phi) is 7.87. The van der Waals surface area contributed by atoms with Crippen LogP contribution in [0.5, 0.6) is 5.75 Å². The van der Waals surface area contributed by atoms with Crippen LogP contribution in [0.3, 0.4) is 0 Å². The van der Waals surface area contributed by atoms with Gasteiger partial charge in [-0.15, -0.1) is 0 Å². The maximum Gasteiger partial charge on any atom is 0.240 e. The number of ether oxygens (including phenoxy) is 1. The molecule has 156 valence electrons. The van der Waals surface area contributed by atoms with E-state index in [1.807, 2.05) is 41.0 Å². The van der Waals surface area contributed by atoms with Crippen molar-refractivity contribution < 1.29 is 14.3 Å². The predicted molar refractivity (Wildman–Crippen MR) is 111 cm³/mol. The average molecular weight is 390 g/mol. The lowest BCUT2D eigenvalue weighted by atomic mass is 10.1. The average Bonchev–Trinajstić information content (AvgIpc) is 2.67. The number of rotatable bonds is 7. The van der Waals surface area contributed by atoms with Gasteiger partial charge in [-0.3, -0.25) is 14.5 Å². The van der Waals surface area contributed by atoms with E-state index in [1.54, 1.807) is 7.11 Å². The van der Waals surface area contributed by atoms with Crippen molar-refractivity contribution in [1.82, 2.24) is 14.7 Å². The molecule has 1 saturated heterocycles.